The van der Waals surface area contributed by atoms with Crippen molar-refractivity contribution in [2.24, 2.45) is 0 Å². The Hall–Kier alpha value is -4.84. The predicted octanol–water partition coefficient (Wildman–Crippen LogP) is 7.71. The summed E-state index contributed by atoms with van der Waals surface area (Å²) in [6.45, 7) is 6.64. The van der Waals surface area contributed by atoms with Crippen LogP contribution in [-0.2, 0) is 0 Å². The van der Waals surface area contributed by atoms with Crippen LogP contribution in [0.2, 0.25) is 0 Å². The molecule has 4 aromatic rings. The molecule has 11 heteroatoms. The van der Waals surface area contributed by atoms with Gasteiger partial charge >= 0.3 is 0 Å². The number of hydrogen-bond donors (Lipinski definition) is 1. The Morgan fingerprint density at radius 1 is 0.778 bits per heavy atom. The minimum absolute atomic E-state index is 0.446. The Kier molecular flexibility index (Phi) is 9.30. The summed E-state index contributed by atoms with van der Waals surface area (Å²) in [6.07, 6.45) is 9.77. The van der Waals surface area contributed by atoms with E-state index >= 15 is 0 Å². The van der Waals surface area contributed by atoms with E-state index < -0.39 is 0 Å². The van der Waals surface area contributed by atoms with Crippen LogP contribution in [0.5, 0.6) is 23.0 Å². The van der Waals surface area contributed by atoms with Gasteiger partial charge in [0.1, 0.15) is 38.2 Å². The molecule has 0 unspecified atom stereocenters. The number of aromatic nitrogens is 2. The van der Waals surface area contributed by atoms with E-state index in [9.17, 15) is 10.5 Å². The van der Waals surface area contributed by atoms with Gasteiger partial charge in [0.05, 0.1) is 37.0 Å². The van der Waals surface area contributed by atoms with Crippen molar-refractivity contribution in [3.63, 3.8) is 0 Å². The number of thiophene rings is 2. The second-order valence-electron chi connectivity index (χ2n) is 10.3. The highest BCUT2D eigenvalue weighted by Gasteiger charge is 2.27. The number of fused-ring (bicyclic) bond motifs is 2. The molecule has 0 saturated carbocycles. The van der Waals surface area contributed by atoms with E-state index in [0.29, 0.717) is 85.0 Å². The van der Waals surface area contributed by atoms with Crippen molar-refractivity contribution >= 4 is 34.8 Å². The highest BCUT2D eigenvalue weighted by molar-refractivity contribution is 7.17. The third kappa shape index (κ3) is 6.37. The van der Waals surface area contributed by atoms with Crippen LogP contribution in [0.15, 0.2) is 47.9 Å². The summed E-state index contributed by atoms with van der Waals surface area (Å²) < 4.78 is 24.2. The van der Waals surface area contributed by atoms with Gasteiger partial charge in [0.2, 0.25) is 0 Å². The smallest absolute Gasteiger partial charge is 0.180 e. The molecule has 6 rings (SSSR count). The summed E-state index contributed by atoms with van der Waals surface area (Å²) in [5.41, 5.74) is 4.43. The van der Waals surface area contributed by atoms with Crippen molar-refractivity contribution in [1.29, 1.82) is 10.5 Å². The number of rotatable bonds is 10. The third-order valence-electron chi connectivity index (χ3n) is 7.09. The van der Waals surface area contributed by atoms with Crippen LogP contribution >= 0.6 is 22.7 Å². The van der Waals surface area contributed by atoms with E-state index in [1.165, 1.54) is 11.3 Å². The SMILES string of the molecule is CCCN/C(C#N)=C/c1sc(-c2ccnc(-c3cc(-c4sc(/C=C(\C#N)CCC)c5c4OCCO5)ccn3)c2)c2c1OCCO2. The number of nitrogens with zero attached hydrogens (tertiary/aromatic N) is 4. The molecule has 45 heavy (non-hydrogen) atoms. The molecule has 6 heterocycles. The van der Waals surface area contributed by atoms with Gasteiger partial charge in [-0.2, -0.15) is 10.5 Å². The fourth-order valence-corrected chi connectivity index (χ4v) is 7.33. The normalized spacial score (nSPS) is 14.0. The van der Waals surface area contributed by atoms with Crippen molar-refractivity contribution in [2.45, 2.75) is 33.1 Å². The minimum Gasteiger partial charge on any atom is -0.485 e. The molecule has 0 radical (unpaired) electrons. The van der Waals surface area contributed by atoms with Crippen LogP contribution in [0.4, 0.5) is 0 Å². The number of allylic oxidation sites excluding steroid dienone is 2. The number of ether oxygens (including phenoxy) is 4. The van der Waals surface area contributed by atoms with E-state index in [1.807, 2.05) is 36.4 Å². The topological polar surface area (TPSA) is 122 Å². The van der Waals surface area contributed by atoms with Gasteiger partial charge in [0.25, 0.3) is 0 Å². The Morgan fingerprint density at radius 3 is 1.80 bits per heavy atom. The first kappa shape index (κ1) is 30.2. The zero-order valence-electron chi connectivity index (χ0n) is 25.0. The number of pyridine rings is 2. The lowest BCUT2D eigenvalue weighted by atomic mass is 10.1. The van der Waals surface area contributed by atoms with E-state index in [-0.39, 0.29) is 0 Å². The molecule has 2 aliphatic heterocycles. The van der Waals surface area contributed by atoms with Crippen molar-refractivity contribution in [2.75, 3.05) is 33.0 Å². The predicted molar refractivity (Wildman–Crippen MR) is 176 cm³/mol. The van der Waals surface area contributed by atoms with Crippen LogP contribution in [0, 0.1) is 22.7 Å². The Labute approximate surface area is 270 Å². The molecule has 2 aliphatic rings. The quantitative estimate of drug-likeness (QED) is 0.174. The Bertz CT molecular complexity index is 1860. The summed E-state index contributed by atoms with van der Waals surface area (Å²) in [6, 6.07) is 12.4. The lowest BCUT2D eigenvalue weighted by Gasteiger charge is -2.17. The van der Waals surface area contributed by atoms with Gasteiger partial charge in [-0.3, -0.25) is 9.97 Å². The van der Waals surface area contributed by atoms with Crippen molar-refractivity contribution in [3.8, 4) is 67.4 Å². The maximum Gasteiger partial charge on any atom is 0.180 e. The van der Waals surface area contributed by atoms with Crippen LogP contribution in [0.1, 0.15) is 42.9 Å². The van der Waals surface area contributed by atoms with Gasteiger partial charge in [-0.25, -0.2) is 0 Å². The molecular weight excluding hydrogens is 607 g/mol. The van der Waals surface area contributed by atoms with Crippen LogP contribution in [-0.4, -0.2) is 42.9 Å². The number of nitriles is 2. The zero-order valence-corrected chi connectivity index (χ0v) is 26.6. The molecule has 0 aromatic carbocycles. The first-order chi connectivity index (χ1) is 22.1. The average molecular weight is 638 g/mol. The standard InChI is InChI=1S/C34H31N5O4S2/c1-3-5-21(19-35)15-27-29-31(42-13-11-40-29)33(44-27)22-6-9-38-25(16-22)26-17-23(7-10-39-26)34-32-30(41-12-14-43-32)28(45-34)18-24(20-36)37-8-4-2/h6-7,9-10,15-18,37H,3-5,8,11-14H2,1-2H3/b21-15-,24-18+. The lowest BCUT2D eigenvalue weighted by molar-refractivity contribution is 0.174. The molecule has 9 nitrogen and oxygen atoms in total. The fraction of sp³-hybridized carbons (Fsp3) is 0.294. The summed E-state index contributed by atoms with van der Waals surface area (Å²) >= 11 is 3.06. The largest absolute Gasteiger partial charge is 0.485 e. The molecule has 4 aromatic heterocycles. The lowest BCUT2D eigenvalue weighted by Crippen LogP contribution is -2.15. The van der Waals surface area contributed by atoms with Gasteiger partial charge in [-0.05, 0) is 60.4 Å². The van der Waals surface area contributed by atoms with E-state index in [1.54, 1.807) is 23.7 Å². The van der Waals surface area contributed by atoms with Gasteiger partial charge in [0, 0.05) is 24.5 Å². The molecule has 0 spiro atoms. The van der Waals surface area contributed by atoms with Crippen LogP contribution < -0.4 is 24.3 Å². The van der Waals surface area contributed by atoms with Crippen LogP contribution in [0.3, 0.4) is 0 Å². The second kappa shape index (κ2) is 13.9. The molecule has 0 amide bonds. The van der Waals surface area contributed by atoms with Crippen LogP contribution in [0.25, 0.3) is 44.4 Å². The molecule has 0 bridgehead atoms. The third-order valence-corrected chi connectivity index (χ3v) is 9.38. The highest BCUT2D eigenvalue weighted by Crippen LogP contribution is 2.52. The summed E-state index contributed by atoms with van der Waals surface area (Å²) in [5, 5.41) is 22.5. The molecular formula is C34H31N5O4S2. The number of hydrogen-bond acceptors (Lipinski definition) is 11. The molecule has 0 atom stereocenters. The maximum atomic E-state index is 9.65. The summed E-state index contributed by atoms with van der Waals surface area (Å²) in [5.74, 6) is 2.70. The zero-order chi connectivity index (χ0) is 31.2. The summed E-state index contributed by atoms with van der Waals surface area (Å²) in [7, 11) is 0. The molecule has 0 aliphatic carbocycles. The monoisotopic (exact) mass is 637 g/mol. The first-order valence-electron chi connectivity index (χ1n) is 14.9. The minimum atomic E-state index is 0.446. The molecule has 0 fully saturated rings. The summed E-state index contributed by atoms with van der Waals surface area (Å²) in [4.78, 5) is 12.8. The second-order valence-corrected chi connectivity index (χ2v) is 12.4. The van der Waals surface area contributed by atoms with Crippen molar-refractivity contribution in [3.05, 3.63) is 57.7 Å². The fourth-order valence-electron chi connectivity index (χ4n) is 5.04. The van der Waals surface area contributed by atoms with Gasteiger partial charge in [-0.1, -0.05) is 20.3 Å². The van der Waals surface area contributed by atoms with E-state index in [4.69, 9.17) is 18.9 Å². The molecule has 228 valence electrons. The van der Waals surface area contributed by atoms with Gasteiger partial charge < -0.3 is 24.3 Å². The van der Waals surface area contributed by atoms with Crippen molar-refractivity contribution in [1.82, 2.24) is 15.3 Å². The molecule has 0 saturated heterocycles. The Balaban J connectivity index is 1.37. The molecule has 1 N–H and O–H groups in total. The van der Waals surface area contributed by atoms with E-state index in [0.717, 1.165) is 43.5 Å². The van der Waals surface area contributed by atoms with Crippen molar-refractivity contribution < 1.29 is 18.9 Å². The van der Waals surface area contributed by atoms with E-state index in [2.05, 4.69) is 41.3 Å². The Morgan fingerprint density at radius 2 is 1.31 bits per heavy atom. The average Bonchev–Trinajstić information content (AvgIpc) is 3.65. The van der Waals surface area contributed by atoms with Gasteiger partial charge in [-0.15, -0.1) is 22.7 Å². The first-order valence-corrected chi connectivity index (χ1v) is 16.5. The van der Waals surface area contributed by atoms with Gasteiger partial charge in [0.15, 0.2) is 23.0 Å². The highest BCUT2D eigenvalue weighted by atomic mass is 32.1. The maximum absolute atomic E-state index is 9.65. The number of nitrogens with one attached hydrogen (secondary N) is 1.